The molecule has 0 aliphatic carbocycles. The topological polar surface area (TPSA) is 56.7 Å². The highest BCUT2D eigenvalue weighted by Crippen LogP contribution is 2.27. The molecule has 0 amide bonds. The van der Waals surface area contributed by atoms with E-state index in [1.807, 2.05) is 22.9 Å². The van der Waals surface area contributed by atoms with Crippen LogP contribution in [-0.2, 0) is 13.0 Å². The number of nitrogens with two attached hydrogens (primary N) is 1. The Labute approximate surface area is 138 Å². The van der Waals surface area contributed by atoms with Crippen molar-refractivity contribution < 1.29 is 0 Å². The smallest absolute Gasteiger partial charge is 0.138 e. The van der Waals surface area contributed by atoms with E-state index in [-0.39, 0.29) is 6.04 Å². The molecule has 0 spiro atoms. The zero-order valence-electron chi connectivity index (χ0n) is 12.4. The number of hydrogen-bond donors (Lipinski definition) is 1. The molecule has 1 unspecified atom stereocenters. The van der Waals surface area contributed by atoms with Gasteiger partial charge in [-0.25, -0.2) is 9.67 Å². The number of benzene rings is 1. The summed E-state index contributed by atoms with van der Waals surface area (Å²) in [7, 11) is 0. The normalized spacial score (nSPS) is 12.8. The standard InChI is InChI=1S/C15H21BrN4S/c1-11(2)8-20-15(18-10-19-20)7-12(17)9-21-14-6-4-3-5-13(14)16/h3-6,10-12H,7-9,17H2,1-2H3. The highest BCUT2D eigenvalue weighted by molar-refractivity contribution is 9.10. The van der Waals surface area contributed by atoms with E-state index in [9.17, 15) is 0 Å². The largest absolute Gasteiger partial charge is 0.327 e. The minimum Gasteiger partial charge on any atom is -0.327 e. The number of nitrogens with zero attached hydrogens (tertiary/aromatic N) is 3. The van der Waals surface area contributed by atoms with E-state index in [2.05, 4.69) is 45.9 Å². The Morgan fingerprint density at radius 1 is 1.33 bits per heavy atom. The van der Waals surface area contributed by atoms with E-state index in [1.54, 1.807) is 18.1 Å². The number of halogens is 1. The van der Waals surface area contributed by atoms with Gasteiger partial charge in [-0.15, -0.1) is 11.8 Å². The predicted octanol–water partition coefficient (Wildman–Crippen LogP) is 3.36. The summed E-state index contributed by atoms with van der Waals surface area (Å²) >= 11 is 5.33. The summed E-state index contributed by atoms with van der Waals surface area (Å²) in [4.78, 5) is 5.55. The van der Waals surface area contributed by atoms with Crippen LogP contribution in [0.4, 0.5) is 0 Å². The van der Waals surface area contributed by atoms with Crippen molar-refractivity contribution in [3.05, 3.63) is 40.9 Å². The maximum absolute atomic E-state index is 6.25. The van der Waals surface area contributed by atoms with Crippen LogP contribution in [-0.4, -0.2) is 26.6 Å². The van der Waals surface area contributed by atoms with Crippen molar-refractivity contribution in [3.8, 4) is 0 Å². The molecule has 2 rings (SSSR count). The van der Waals surface area contributed by atoms with Crippen LogP contribution in [0.3, 0.4) is 0 Å². The lowest BCUT2D eigenvalue weighted by Crippen LogP contribution is -2.27. The molecule has 0 saturated heterocycles. The first kappa shape index (κ1) is 16.5. The van der Waals surface area contributed by atoms with E-state index < -0.39 is 0 Å². The van der Waals surface area contributed by atoms with Crippen LogP contribution >= 0.6 is 27.7 Å². The van der Waals surface area contributed by atoms with E-state index in [1.165, 1.54) is 4.90 Å². The summed E-state index contributed by atoms with van der Waals surface area (Å²) in [5.74, 6) is 2.39. The van der Waals surface area contributed by atoms with Crippen LogP contribution in [0.25, 0.3) is 0 Å². The summed E-state index contributed by atoms with van der Waals surface area (Å²) in [5.41, 5.74) is 6.25. The fourth-order valence-electron chi connectivity index (χ4n) is 2.00. The van der Waals surface area contributed by atoms with Gasteiger partial charge in [0.15, 0.2) is 0 Å². The third-order valence-electron chi connectivity index (χ3n) is 2.97. The van der Waals surface area contributed by atoms with Gasteiger partial charge in [-0.2, -0.15) is 5.10 Å². The fraction of sp³-hybridized carbons (Fsp3) is 0.467. The monoisotopic (exact) mass is 368 g/mol. The number of rotatable bonds is 7. The quantitative estimate of drug-likeness (QED) is 0.761. The number of thioether (sulfide) groups is 1. The Balaban J connectivity index is 1.89. The highest BCUT2D eigenvalue weighted by Gasteiger charge is 2.12. The summed E-state index contributed by atoms with van der Waals surface area (Å²) in [5, 5.41) is 4.28. The maximum Gasteiger partial charge on any atom is 0.138 e. The first-order valence-electron chi connectivity index (χ1n) is 7.06. The Bertz CT molecular complexity index is 570. The molecule has 0 bridgehead atoms. The average molecular weight is 369 g/mol. The van der Waals surface area contributed by atoms with Gasteiger partial charge in [-0.1, -0.05) is 26.0 Å². The molecule has 2 N–H and O–H groups in total. The SMILES string of the molecule is CC(C)Cn1ncnc1CC(N)CSc1ccccc1Br. The third-order valence-corrected chi connectivity index (χ3v) is 5.18. The molecule has 0 saturated carbocycles. The zero-order chi connectivity index (χ0) is 15.2. The minimum atomic E-state index is 0.0669. The molecule has 2 aromatic rings. The Kier molecular flexibility index (Phi) is 6.26. The van der Waals surface area contributed by atoms with Crippen molar-refractivity contribution in [2.75, 3.05) is 5.75 Å². The van der Waals surface area contributed by atoms with Gasteiger partial charge in [0.2, 0.25) is 0 Å². The number of hydrogen-bond acceptors (Lipinski definition) is 4. The van der Waals surface area contributed by atoms with Crippen LogP contribution in [0.5, 0.6) is 0 Å². The van der Waals surface area contributed by atoms with Crippen LogP contribution in [0.15, 0.2) is 40.0 Å². The molecule has 0 radical (unpaired) electrons. The average Bonchev–Trinajstić information content (AvgIpc) is 2.84. The predicted molar refractivity (Wildman–Crippen MR) is 91.4 cm³/mol. The first-order chi connectivity index (χ1) is 10.1. The van der Waals surface area contributed by atoms with E-state index in [0.29, 0.717) is 5.92 Å². The second kappa shape index (κ2) is 7.96. The van der Waals surface area contributed by atoms with Gasteiger partial charge in [0.05, 0.1) is 0 Å². The van der Waals surface area contributed by atoms with Crippen LogP contribution in [0.1, 0.15) is 19.7 Å². The van der Waals surface area contributed by atoms with Gasteiger partial charge in [0.25, 0.3) is 0 Å². The molecule has 1 atom stereocenters. The van der Waals surface area contributed by atoms with Crippen LogP contribution in [0.2, 0.25) is 0 Å². The molecule has 0 aliphatic heterocycles. The molecular weight excluding hydrogens is 348 g/mol. The fourth-order valence-corrected chi connectivity index (χ4v) is 3.52. The molecule has 4 nitrogen and oxygen atoms in total. The maximum atomic E-state index is 6.25. The van der Waals surface area contributed by atoms with Crippen molar-refractivity contribution in [1.29, 1.82) is 0 Å². The van der Waals surface area contributed by atoms with E-state index in [0.717, 1.165) is 29.0 Å². The van der Waals surface area contributed by atoms with Crippen LogP contribution < -0.4 is 5.73 Å². The van der Waals surface area contributed by atoms with E-state index in [4.69, 9.17) is 5.73 Å². The molecule has 1 aromatic heterocycles. The highest BCUT2D eigenvalue weighted by atomic mass is 79.9. The zero-order valence-corrected chi connectivity index (χ0v) is 14.8. The minimum absolute atomic E-state index is 0.0669. The number of aromatic nitrogens is 3. The molecule has 1 aromatic carbocycles. The molecule has 21 heavy (non-hydrogen) atoms. The molecule has 0 aliphatic rings. The Hall–Kier alpha value is -0.850. The van der Waals surface area contributed by atoms with Crippen molar-refractivity contribution >= 4 is 27.7 Å². The van der Waals surface area contributed by atoms with Gasteiger partial charge >= 0.3 is 0 Å². The van der Waals surface area contributed by atoms with Gasteiger partial charge in [-0.3, -0.25) is 0 Å². The second-order valence-electron chi connectivity index (χ2n) is 5.46. The Morgan fingerprint density at radius 2 is 2.10 bits per heavy atom. The first-order valence-corrected chi connectivity index (χ1v) is 8.83. The molecule has 6 heteroatoms. The summed E-state index contributed by atoms with van der Waals surface area (Å²) in [6, 6.07) is 8.27. The van der Waals surface area contributed by atoms with Gasteiger partial charge in [0, 0.05) is 34.1 Å². The molecule has 1 heterocycles. The lowest BCUT2D eigenvalue weighted by molar-refractivity contribution is 0.461. The lowest BCUT2D eigenvalue weighted by Gasteiger charge is -2.13. The summed E-state index contributed by atoms with van der Waals surface area (Å²) < 4.78 is 3.08. The summed E-state index contributed by atoms with van der Waals surface area (Å²) in [6.45, 7) is 5.24. The molecule has 114 valence electrons. The van der Waals surface area contributed by atoms with E-state index >= 15 is 0 Å². The third kappa shape index (κ3) is 5.13. The van der Waals surface area contributed by atoms with Crippen molar-refractivity contribution in [2.24, 2.45) is 11.7 Å². The molecule has 0 fully saturated rings. The van der Waals surface area contributed by atoms with Crippen LogP contribution in [0, 0.1) is 5.92 Å². The van der Waals surface area contributed by atoms with Gasteiger partial charge < -0.3 is 5.73 Å². The van der Waals surface area contributed by atoms with Crippen molar-refractivity contribution in [3.63, 3.8) is 0 Å². The van der Waals surface area contributed by atoms with Gasteiger partial charge in [-0.05, 0) is 34.0 Å². The second-order valence-corrected chi connectivity index (χ2v) is 7.37. The lowest BCUT2D eigenvalue weighted by atomic mass is 10.2. The Morgan fingerprint density at radius 3 is 2.81 bits per heavy atom. The van der Waals surface area contributed by atoms with Gasteiger partial charge in [0.1, 0.15) is 12.2 Å². The van der Waals surface area contributed by atoms with Crippen molar-refractivity contribution in [1.82, 2.24) is 14.8 Å². The summed E-state index contributed by atoms with van der Waals surface area (Å²) in [6.07, 6.45) is 2.37. The molecular formula is C15H21BrN4S. The van der Waals surface area contributed by atoms with Crippen molar-refractivity contribution in [2.45, 2.75) is 37.8 Å².